The van der Waals surface area contributed by atoms with Crippen molar-refractivity contribution in [3.05, 3.63) is 59.1 Å². The number of hydrogen-bond acceptors (Lipinski definition) is 3. The molecular formula is C17H18ClN5O. The van der Waals surface area contributed by atoms with Gasteiger partial charge in [0.2, 0.25) is 0 Å². The Labute approximate surface area is 144 Å². The number of hydrogen-bond donors (Lipinski definition) is 2. The first-order valence-corrected chi connectivity index (χ1v) is 8.05. The molecule has 0 spiro atoms. The number of halogens is 1. The molecule has 0 saturated carbocycles. The second-order valence-electron chi connectivity index (χ2n) is 5.38. The largest absolute Gasteiger partial charge is 0.336 e. The lowest BCUT2D eigenvalue weighted by atomic mass is 10.3. The molecule has 0 radical (unpaired) electrons. The summed E-state index contributed by atoms with van der Waals surface area (Å²) in [7, 11) is 0. The average Bonchev–Trinajstić information content (AvgIpc) is 2.90. The quantitative estimate of drug-likeness (QED) is 0.748. The van der Waals surface area contributed by atoms with Crippen LogP contribution in [0.1, 0.15) is 11.5 Å². The van der Waals surface area contributed by atoms with Crippen LogP contribution in [0, 0.1) is 6.92 Å². The van der Waals surface area contributed by atoms with E-state index in [1.165, 1.54) is 0 Å². The zero-order valence-corrected chi connectivity index (χ0v) is 14.0. The maximum Gasteiger partial charge on any atom is 0.315 e. The maximum atomic E-state index is 11.9. The minimum atomic E-state index is -0.228. The van der Waals surface area contributed by atoms with E-state index in [4.69, 9.17) is 11.6 Å². The number of para-hydroxylation sites is 2. The summed E-state index contributed by atoms with van der Waals surface area (Å²) in [6.07, 6.45) is 1.56. The van der Waals surface area contributed by atoms with Gasteiger partial charge in [0.25, 0.3) is 0 Å². The highest BCUT2D eigenvalue weighted by atomic mass is 35.5. The van der Waals surface area contributed by atoms with Gasteiger partial charge < -0.3 is 15.2 Å². The molecule has 1 aromatic carbocycles. The Morgan fingerprint density at radius 3 is 2.83 bits per heavy atom. The summed E-state index contributed by atoms with van der Waals surface area (Å²) in [5, 5.41) is 6.19. The van der Waals surface area contributed by atoms with Gasteiger partial charge in [-0.05, 0) is 31.2 Å². The van der Waals surface area contributed by atoms with E-state index in [0.717, 1.165) is 22.6 Å². The van der Waals surface area contributed by atoms with Crippen LogP contribution < -0.4 is 10.6 Å². The molecule has 2 N–H and O–H groups in total. The van der Waals surface area contributed by atoms with E-state index >= 15 is 0 Å². The van der Waals surface area contributed by atoms with Gasteiger partial charge in [-0.1, -0.05) is 23.7 Å². The van der Waals surface area contributed by atoms with Gasteiger partial charge in [0.1, 0.15) is 5.82 Å². The lowest BCUT2D eigenvalue weighted by Crippen LogP contribution is -2.37. The van der Waals surface area contributed by atoms with E-state index in [9.17, 15) is 4.79 Å². The summed E-state index contributed by atoms with van der Waals surface area (Å²) in [6, 6.07) is 11.3. The van der Waals surface area contributed by atoms with Crippen LogP contribution >= 0.6 is 11.6 Å². The third kappa shape index (κ3) is 3.83. The normalized spacial score (nSPS) is 10.8. The number of urea groups is 1. The third-order valence-electron chi connectivity index (χ3n) is 3.69. The van der Waals surface area contributed by atoms with Crippen LogP contribution in [0.25, 0.3) is 11.0 Å². The number of carbonyl (C=O) groups excluding carboxylic acids is 1. The van der Waals surface area contributed by atoms with Crippen LogP contribution in [0.2, 0.25) is 5.02 Å². The fraction of sp³-hybridized carbons (Fsp3) is 0.235. The number of nitrogens with one attached hydrogen (secondary N) is 2. The number of fused-ring (bicyclic) bond motifs is 1. The SMILES string of the molecule is Cc1nc2ccccc2n1CCNC(=O)NCc1ccc(Cl)cn1. The molecule has 124 valence electrons. The molecule has 0 aliphatic rings. The summed E-state index contributed by atoms with van der Waals surface area (Å²) in [5.74, 6) is 0.934. The lowest BCUT2D eigenvalue weighted by molar-refractivity contribution is 0.240. The fourth-order valence-electron chi connectivity index (χ4n) is 2.50. The Kier molecular flexibility index (Phi) is 4.96. The number of amides is 2. The molecule has 7 heteroatoms. The molecule has 0 aliphatic heterocycles. The standard InChI is InChI=1S/C17H18ClN5O/c1-12-22-15-4-2-3-5-16(15)23(12)9-8-19-17(24)21-11-14-7-6-13(18)10-20-14/h2-7,10H,8-9,11H2,1H3,(H2,19,21,24). The second kappa shape index (κ2) is 7.31. The third-order valence-corrected chi connectivity index (χ3v) is 3.91. The zero-order chi connectivity index (χ0) is 16.9. The first-order chi connectivity index (χ1) is 11.6. The Morgan fingerprint density at radius 2 is 2.04 bits per heavy atom. The van der Waals surface area contributed by atoms with Gasteiger partial charge >= 0.3 is 6.03 Å². The Bertz CT molecular complexity index is 844. The predicted molar refractivity (Wildman–Crippen MR) is 94.0 cm³/mol. The van der Waals surface area contributed by atoms with E-state index in [2.05, 4.69) is 25.2 Å². The highest BCUT2D eigenvalue weighted by molar-refractivity contribution is 6.30. The first-order valence-electron chi connectivity index (χ1n) is 7.67. The molecular weight excluding hydrogens is 326 g/mol. The smallest absolute Gasteiger partial charge is 0.315 e. The minimum absolute atomic E-state index is 0.228. The topological polar surface area (TPSA) is 71.8 Å². The van der Waals surface area contributed by atoms with Gasteiger partial charge in [-0.2, -0.15) is 0 Å². The van der Waals surface area contributed by atoms with Gasteiger partial charge in [-0.25, -0.2) is 9.78 Å². The predicted octanol–water partition coefficient (Wildman–Crippen LogP) is 2.89. The lowest BCUT2D eigenvalue weighted by Gasteiger charge is -2.09. The number of pyridine rings is 1. The number of carbonyl (C=O) groups is 1. The van der Waals surface area contributed by atoms with Crippen LogP contribution in [-0.2, 0) is 13.1 Å². The van der Waals surface area contributed by atoms with E-state index < -0.39 is 0 Å². The first kappa shape index (κ1) is 16.3. The Morgan fingerprint density at radius 1 is 1.21 bits per heavy atom. The summed E-state index contributed by atoms with van der Waals surface area (Å²) >= 11 is 5.78. The number of rotatable bonds is 5. The van der Waals surface area contributed by atoms with Crippen molar-refractivity contribution in [1.29, 1.82) is 0 Å². The molecule has 6 nitrogen and oxygen atoms in total. The average molecular weight is 344 g/mol. The van der Waals surface area contributed by atoms with Crippen LogP contribution in [0.3, 0.4) is 0 Å². The fourth-order valence-corrected chi connectivity index (χ4v) is 2.62. The molecule has 0 atom stereocenters. The van der Waals surface area contributed by atoms with Crippen molar-refractivity contribution in [2.45, 2.75) is 20.0 Å². The number of imidazole rings is 1. The van der Waals surface area contributed by atoms with Crippen LogP contribution in [0.15, 0.2) is 42.6 Å². The van der Waals surface area contributed by atoms with Gasteiger partial charge in [0, 0.05) is 19.3 Å². The van der Waals surface area contributed by atoms with Crippen LogP contribution in [-0.4, -0.2) is 27.1 Å². The minimum Gasteiger partial charge on any atom is -0.336 e. The highest BCUT2D eigenvalue weighted by Gasteiger charge is 2.07. The second-order valence-corrected chi connectivity index (χ2v) is 5.81. The molecule has 0 aliphatic carbocycles. The van der Waals surface area contributed by atoms with E-state index in [0.29, 0.717) is 24.7 Å². The Balaban J connectivity index is 1.49. The summed E-state index contributed by atoms with van der Waals surface area (Å²) in [4.78, 5) is 20.5. The van der Waals surface area contributed by atoms with Crippen molar-refractivity contribution in [2.75, 3.05) is 6.54 Å². The molecule has 0 bridgehead atoms. The van der Waals surface area contributed by atoms with Gasteiger partial charge in [0.05, 0.1) is 28.3 Å². The van der Waals surface area contributed by atoms with Gasteiger partial charge in [-0.3, -0.25) is 4.98 Å². The summed E-state index contributed by atoms with van der Waals surface area (Å²) in [5.41, 5.74) is 2.79. The molecule has 0 unspecified atom stereocenters. The monoisotopic (exact) mass is 343 g/mol. The van der Waals surface area contributed by atoms with Crippen molar-refractivity contribution < 1.29 is 4.79 Å². The van der Waals surface area contributed by atoms with Crippen molar-refractivity contribution in [3.8, 4) is 0 Å². The van der Waals surface area contributed by atoms with Crippen molar-refractivity contribution in [1.82, 2.24) is 25.2 Å². The zero-order valence-electron chi connectivity index (χ0n) is 13.3. The van der Waals surface area contributed by atoms with Gasteiger partial charge in [0.15, 0.2) is 0 Å². The molecule has 0 saturated heterocycles. The molecule has 2 heterocycles. The maximum absolute atomic E-state index is 11.9. The Hall–Kier alpha value is -2.60. The van der Waals surface area contributed by atoms with E-state index in [1.54, 1.807) is 18.3 Å². The number of aryl methyl sites for hydroxylation is 1. The molecule has 3 rings (SSSR count). The van der Waals surface area contributed by atoms with Crippen LogP contribution in [0.5, 0.6) is 0 Å². The number of nitrogens with zero attached hydrogens (tertiary/aromatic N) is 3. The molecule has 2 amide bonds. The molecule has 0 fully saturated rings. The molecule has 24 heavy (non-hydrogen) atoms. The van der Waals surface area contributed by atoms with Gasteiger partial charge in [-0.15, -0.1) is 0 Å². The number of benzene rings is 1. The van der Waals surface area contributed by atoms with Crippen molar-refractivity contribution >= 4 is 28.7 Å². The van der Waals surface area contributed by atoms with Crippen LogP contribution in [0.4, 0.5) is 4.79 Å². The van der Waals surface area contributed by atoms with E-state index in [1.807, 2.05) is 31.2 Å². The molecule has 3 aromatic rings. The summed E-state index contributed by atoms with van der Waals surface area (Å²) in [6.45, 7) is 3.50. The van der Waals surface area contributed by atoms with Crippen molar-refractivity contribution in [2.24, 2.45) is 0 Å². The molecule has 2 aromatic heterocycles. The summed E-state index contributed by atoms with van der Waals surface area (Å²) < 4.78 is 2.09. The van der Waals surface area contributed by atoms with Crippen molar-refractivity contribution in [3.63, 3.8) is 0 Å². The van der Waals surface area contributed by atoms with E-state index in [-0.39, 0.29) is 6.03 Å². The number of aromatic nitrogens is 3. The highest BCUT2D eigenvalue weighted by Crippen LogP contribution is 2.14.